The van der Waals surface area contributed by atoms with Crippen LogP contribution in [-0.4, -0.2) is 5.91 Å². The summed E-state index contributed by atoms with van der Waals surface area (Å²) in [5.41, 5.74) is 10.1. The number of hydrogen-bond acceptors (Lipinski definition) is 2. The summed E-state index contributed by atoms with van der Waals surface area (Å²) in [4.78, 5) is 12.3. The zero-order chi connectivity index (χ0) is 15.6. The van der Waals surface area contributed by atoms with E-state index in [2.05, 4.69) is 26.1 Å². The van der Waals surface area contributed by atoms with Crippen molar-refractivity contribution < 1.29 is 4.79 Å². The van der Waals surface area contributed by atoms with Crippen LogP contribution in [0.3, 0.4) is 0 Å². The lowest BCUT2D eigenvalue weighted by molar-refractivity contribution is 0.102. The van der Waals surface area contributed by atoms with E-state index >= 15 is 0 Å². The molecule has 1 amide bonds. The molecule has 0 bridgehead atoms. The number of anilines is 2. The highest BCUT2D eigenvalue weighted by molar-refractivity contribution is 6.04. The van der Waals surface area contributed by atoms with Crippen LogP contribution in [0.5, 0.6) is 0 Å². The average Bonchev–Trinajstić information content (AvgIpc) is 2.42. The summed E-state index contributed by atoms with van der Waals surface area (Å²) in [6.07, 6.45) is 0. The number of rotatable bonds is 2. The molecule has 0 saturated carbocycles. The number of benzene rings is 2. The Kier molecular flexibility index (Phi) is 4.03. The van der Waals surface area contributed by atoms with Crippen molar-refractivity contribution in [3.05, 3.63) is 59.2 Å². The van der Waals surface area contributed by atoms with Crippen LogP contribution in [0.25, 0.3) is 0 Å². The number of nitrogens with two attached hydrogens (primary N) is 1. The molecule has 3 nitrogen and oxygen atoms in total. The molecule has 0 atom stereocenters. The van der Waals surface area contributed by atoms with Crippen LogP contribution in [0, 0.1) is 6.92 Å². The Morgan fingerprint density at radius 1 is 1.05 bits per heavy atom. The van der Waals surface area contributed by atoms with Gasteiger partial charge in [-0.05, 0) is 47.7 Å². The van der Waals surface area contributed by atoms with E-state index in [0.29, 0.717) is 11.3 Å². The summed E-state index contributed by atoms with van der Waals surface area (Å²) in [5, 5.41) is 2.91. The Bertz CT molecular complexity index is 652. The highest BCUT2D eigenvalue weighted by Gasteiger charge is 2.14. The van der Waals surface area contributed by atoms with Crippen LogP contribution in [-0.2, 0) is 5.41 Å². The van der Waals surface area contributed by atoms with Gasteiger partial charge in [-0.2, -0.15) is 0 Å². The van der Waals surface area contributed by atoms with Gasteiger partial charge in [-0.15, -0.1) is 0 Å². The third kappa shape index (κ3) is 3.63. The van der Waals surface area contributed by atoms with Crippen molar-refractivity contribution in [2.75, 3.05) is 11.1 Å². The normalized spacial score (nSPS) is 11.2. The maximum absolute atomic E-state index is 12.3. The second-order valence-electron chi connectivity index (χ2n) is 6.36. The summed E-state index contributed by atoms with van der Waals surface area (Å²) in [6, 6.07) is 13.2. The number of aryl methyl sites for hydroxylation is 1. The van der Waals surface area contributed by atoms with Crippen LogP contribution in [0.1, 0.15) is 42.3 Å². The maximum Gasteiger partial charge on any atom is 0.255 e. The first-order valence-electron chi connectivity index (χ1n) is 7.05. The number of nitrogen functional groups attached to an aromatic ring is 1. The second kappa shape index (κ2) is 5.60. The van der Waals surface area contributed by atoms with Gasteiger partial charge in [0, 0.05) is 16.9 Å². The number of nitrogens with one attached hydrogen (secondary N) is 1. The molecule has 0 spiro atoms. The molecule has 0 aliphatic heterocycles. The van der Waals surface area contributed by atoms with Gasteiger partial charge in [-0.3, -0.25) is 4.79 Å². The van der Waals surface area contributed by atoms with E-state index in [4.69, 9.17) is 5.73 Å². The Balaban J connectivity index is 2.19. The predicted molar refractivity (Wildman–Crippen MR) is 88.7 cm³/mol. The van der Waals surface area contributed by atoms with Crippen molar-refractivity contribution in [2.45, 2.75) is 33.1 Å². The Labute approximate surface area is 126 Å². The molecule has 0 saturated heterocycles. The highest BCUT2D eigenvalue weighted by Crippen LogP contribution is 2.23. The molecule has 0 radical (unpaired) electrons. The minimum absolute atomic E-state index is 0.0828. The van der Waals surface area contributed by atoms with Crippen LogP contribution in [0.15, 0.2) is 42.5 Å². The molecule has 0 aliphatic carbocycles. The van der Waals surface area contributed by atoms with Crippen molar-refractivity contribution in [1.29, 1.82) is 0 Å². The summed E-state index contributed by atoms with van der Waals surface area (Å²) < 4.78 is 0. The van der Waals surface area contributed by atoms with Crippen LogP contribution >= 0.6 is 0 Å². The van der Waals surface area contributed by atoms with Crippen LogP contribution < -0.4 is 11.1 Å². The molecular formula is C18H22N2O. The molecular weight excluding hydrogens is 260 g/mol. The van der Waals surface area contributed by atoms with Gasteiger partial charge in [0.15, 0.2) is 0 Å². The van der Waals surface area contributed by atoms with Gasteiger partial charge >= 0.3 is 0 Å². The molecule has 3 N–H and O–H groups in total. The summed E-state index contributed by atoms with van der Waals surface area (Å²) in [7, 11) is 0. The summed E-state index contributed by atoms with van der Waals surface area (Å²) >= 11 is 0. The number of carbonyl (C=O) groups excluding carboxylic acids is 1. The van der Waals surface area contributed by atoms with Crippen molar-refractivity contribution in [1.82, 2.24) is 0 Å². The first kappa shape index (κ1) is 15.1. The lowest BCUT2D eigenvalue weighted by Crippen LogP contribution is -2.15. The summed E-state index contributed by atoms with van der Waals surface area (Å²) in [5.74, 6) is -0.121. The molecule has 110 valence electrons. The van der Waals surface area contributed by atoms with E-state index in [1.54, 1.807) is 6.07 Å². The molecule has 0 unspecified atom stereocenters. The van der Waals surface area contributed by atoms with E-state index in [9.17, 15) is 4.79 Å². The van der Waals surface area contributed by atoms with Gasteiger partial charge in [0.25, 0.3) is 5.91 Å². The zero-order valence-electron chi connectivity index (χ0n) is 13.0. The second-order valence-corrected chi connectivity index (χ2v) is 6.36. The smallest absolute Gasteiger partial charge is 0.255 e. The molecule has 2 aromatic carbocycles. The minimum Gasteiger partial charge on any atom is -0.399 e. The summed E-state index contributed by atoms with van der Waals surface area (Å²) in [6.45, 7) is 8.40. The fourth-order valence-electron chi connectivity index (χ4n) is 2.09. The molecule has 3 heteroatoms. The van der Waals surface area contributed by atoms with Gasteiger partial charge < -0.3 is 11.1 Å². The van der Waals surface area contributed by atoms with Crippen molar-refractivity contribution in [3.8, 4) is 0 Å². The third-order valence-corrected chi connectivity index (χ3v) is 3.52. The maximum atomic E-state index is 12.3. The van der Waals surface area contributed by atoms with E-state index in [1.165, 1.54) is 5.56 Å². The van der Waals surface area contributed by atoms with Gasteiger partial charge in [0.2, 0.25) is 0 Å². The number of amides is 1. The zero-order valence-corrected chi connectivity index (χ0v) is 13.0. The average molecular weight is 282 g/mol. The fraction of sp³-hybridized carbons (Fsp3) is 0.278. The first-order chi connectivity index (χ1) is 9.77. The lowest BCUT2D eigenvalue weighted by Gasteiger charge is -2.19. The lowest BCUT2D eigenvalue weighted by atomic mass is 9.87. The third-order valence-electron chi connectivity index (χ3n) is 3.52. The van der Waals surface area contributed by atoms with Gasteiger partial charge in [-0.25, -0.2) is 0 Å². The molecule has 2 aromatic rings. The first-order valence-corrected chi connectivity index (χ1v) is 7.05. The van der Waals surface area contributed by atoms with E-state index in [-0.39, 0.29) is 11.3 Å². The molecule has 0 fully saturated rings. The number of hydrogen-bond donors (Lipinski definition) is 2. The van der Waals surface area contributed by atoms with Crippen LogP contribution in [0.2, 0.25) is 0 Å². The number of carbonyl (C=O) groups is 1. The quantitative estimate of drug-likeness (QED) is 0.814. The Morgan fingerprint density at radius 2 is 1.67 bits per heavy atom. The largest absolute Gasteiger partial charge is 0.399 e. The topological polar surface area (TPSA) is 55.1 Å². The van der Waals surface area contributed by atoms with E-state index in [1.807, 2.05) is 43.3 Å². The predicted octanol–water partition coefficient (Wildman–Crippen LogP) is 4.13. The van der Waals surface area contributed by atoms with Gasteiger partial charge in [0.05, 0.1) is 0 Å². The van der Waals surface area contributed by atoms with Crippen molar-refractivity contribution >= 4 is 17.3 Å². The Hall–Kier alpha value is -2.29. The van der Waals surface area contributed by atoms with E-state index in [0.717, 1.165) is 11.3 Å². The Morgan fingerprint density at radius 3 is 2.24 bits per heavy atom. The molecule has 0 aromatic heterocycles. The van der Waals surface area contributed by atoms with Crippen LogP contribution in [0.4, 0.5) is 11.4 Å². The minimum atomic E-state index is -0.121. The monoisotopic (exact) mass is 282 g/mol. The standard InChI is InChI=1S/C18H22N2O/c1-12-5-10-15(19)11-16(12)20-17(21)13-6-8-14(9-7-13)18(2,3)4/h5-11H,19H2,1-4H3,(H,20,21). The van der Waals surface area contributed by atoms with E-state index < -0.39 is 0 Å². The van der Waals surface area contributed by atoms with Gasteiger partial charge in [-0.1, -0.05) is 39.0 Å². The highest BCUT2D eigenvalue weighted by atomic mass is 16.1. The molecule has 21 heavy (non-hydrogen) atoms. The SMILES string of the molecule is Cc1ccc(N)cc1NC(=O)c1ccc(C(C)(C)C)cc1. The van der Waals surface area contributed by atoms with Crippen molar-refractivity contribution in [3.63, 3.8) is 0 Å². The molecule has 0 aliphatic rings. The van der Waals surface area contributed by atoms with Crippen molar-refractivity contribution in [2.24, 2.45) is 0 Å². The van der Waals surface area contributed by atoms with Gasteiger partial charge in [0.1, 0.15) is 0 Å². The molecule has 2 rings (SSSR count). The molecule has 0 heterocycles. The fourth-order valence-corrected chi connectivity index (χ4v) is 2.09.